The normalized spacial score (nSPS) is 40.1. The van der Waals surface area contributed by atoms with Crippen molar-refractivity contribution in [3.8, 4) is 0 Å². The molecule has 29 heavy (non-hydrogen) atoms. The van der Waals surface area contributed by atoms with Gasteiger partial charge in [-0.2, -0.15) is 0 Å². The summed E-state index contributed by atoms with van der Waals surface area (Å²) in [6.07, 6.45) is 4.42. The fourth-order valence-corrected chi connectivity index (χ4v) is 4.81. The lowest BCUT2D eigenvalue weighted by molar-refractivity contribution is -0.258. The molecule has 2 heterocycles. The third kappa shape index (κ3) is 3.48. The Morgan fingerprint density at radius 3 is 2.38 bits per heavy atom. The highest BCUT2D eigenvalue weighted by atomic mass is 16.8. The molecule has 5 nitrogen and oxygen atoms in total. The smallest absolute Gasteiger partial charge is 0.218 e. The van der Waals surface area contributed by atoms with Gasteiger partial charge in [0, 0.05) is 12.7 Å². The van der Waals surface area contributed by atoms with E-state index in [9.17, 15) is 4.79 Å². The van der Waals surface area contributed by atoms with E-state index in [2.05, 4.69) is 33.6 Å². The van der Waals surface area contributed by atoms with Gasteiger partial charge < -0.3 is 18.9 Å². The molecule has 0 aromatic heterocycles. The first-order chi connectivity index (χ1) is 13.4. The van der Waals surface area contributed by atoms with E-state index < -0.39 is 29.9 Å². The molecule has 5 heteroatoms. The van der Waals surface area contributed by atoms with Crippen LogP contribution in [0, 0.1) is 17.3 Å². The summed E-state index contributed by atoms with van der Waals surface area (Å²) in [7, 11) is 1.52. The first kappa shape index (κ1) is 22.2. The SMILES string of the molecule is C=C[C@H]1C[C@H](C(=C)C)C=C(C(=O)[C@H]2O[C@](C=C)(OC)[C@H]3OC(C)(C)O[C@@H]23)C1(C)C. The van der Waals surface area contributed by atoms with Crippen LogP contribution in [0.15, 0.2) is 49.1 Å². The number of Topliss-reactive ketones (excluding diaryl/α,β-unsaturated/α-hetero) is 1. The topological polar surface area (TPSA) is 54.0 Å². The maximum Gasteiger partial charge on any atom is 0.218 e. The van der Waals surface area contributed by atoms with Gasteiger partial charge in [0.2, 0.25) is 5.79 Å². The van der Waals surface area contributed by atoms with Crippen molar-refractivity contribution in [2.24, 2.45) is 17.3 Å². The van der Waals surface area contributed by atoms with E-state index in [1.807, 2.05) is 32.9 Å². The molecule has 0 amide bonds. The molecule has 2 saturated heterocycles. The Morgan fingerprint density at radius 2 is 1.86 bits per heavy atom. The number of methoxy groups -OCH3 is 1. The Hall–Kier alpha value is -1.53. The highest BCUT2D eigenvalue weighted by Crippen LogP contribution is 2.50. The Morgan fingerprint density at radius 1 is 1.21 bits per heavy atom. The fourth-order valence-electron chi connectivity index (χ4n) is 4.81. The summed E-state index contributed by atoms with van der Waals surface area (Å²) in [5, 5.41) is 0. The van der Waals surface area contributed by atoms with Crippen LogP contribution in [0.1, 0.15) is 41.0 Å². The van der Waals surface area contributed by atoms with Crippen molar-refractivity contribution in [3.63, 3.8) is 0 Å². The number of fused-ring (bicyclic) bond motifs is 1. The molecule has 6 atom stereocenters. The summed E-state index contributed by atoms with van der Waals surface area (Å²) in [6.45, 7) is 21.8. The Bertz CT molecular complexity index is 761. The lowest BCUT2D eigenvalue weighted by atomic mass is 9.62. The number of hydrogen-bond donors (Lipinski definition) is 0. The first-order valence-corrected chi connectivity index (χ1v) is 10.2. The molecule has 3 aliphatic rings. The summed E-state index contributed by atoms with van der Waals surface area (Å²) in [6, 6.07) is 0. The first-order valence-electron chi connectivity index (χ1n) is 10.2. The molecule has 0 bridgehead atoms. The second kappa shape index (κ2) is 7.31. The van der Waals surface area contributed by atoms with Gasteiger partial charge in [0.25, 0.3) is 0 Å². The van der Waals surface area contributed by atoms with Crippen LogP contribution >= 0.6 is 0 Å². The van der Waals surface area contributed by atoms with E-state index in [0.29, 0.717) is 0 Å². The predicted molar refractivity (Wildman–Crippen MR) is 112 cm³/mol. The Kier molecular flexibility index (Phi) is 5.59. The summed E-state index contributed by atoms with van der Waals surface area (Å²) < 4.78 is 23.9. The van der Waals surface area contributed by atoms with Crippen LogP contribution in [0.3, 0.4) is 0 Å². The number of hydrogen-bond acceptors (Lipinski definition) is 5. The van der Waals surface area contributed by atoms with E-state index in [1.165, 1.54) is 7.11 Å². The average molecular weight is 403 g/mol. The van der Waals surface area contributed by atoms with E-state index in [-0.39, 0.29) is 23.0 Å². The minimum atomic E-state index is -1.23. The lowest BCUT2D eigenvalue weighted by Gasteiger charge is -2.41. The van der Waals surface area contributed by atoms with Crippen molar-refractivity contribution in [3.05, 3.63) is 49.1 Å². The highest BCUT2D eigenvalue weighted by Gasteiger charge is 2.65. The van der Waals surface area contributed by atoms with Crippen molar-refractivity contribution >= 4 is 5.78 Å². The van der Waals surface area contributed by atoms with Crippen LogP contribution in [-0.4, -0.2) is 42.8 Å². The summed E-state index contributed by atoms with van der Waals surface area (Å²) in [5.74, 6) is -1.92. The van der Waals surface area contributed by atoms with Crippen molar-refractivity contribution < 1.29 is 23.7 Å². The highest BCUT2D eigenvalue weighted by molar-refractivity contribution is 6.01. The summed E-state index contributed by atoms with van der Waals surface area (Å²) in [4.78, 5) is 13.8. The van der Waals surface area contributed by atoms with Gasteiger partial charge in [-0.05, 0) is 50.5 Å². The minimum absolute atomic E-state index is 0.107. The lowest BCUT2D eigenvalue weighted by Crippen LogP contribution is -2.43. The molecular weight excluding hydrogens is 368 g/mol. The zero-order valence-electron chi connectivity index (χ0n) is 18.5. The van der Waals surface area contributed by atoms with Gasteiger partial charge in [0.05, 0.1) is 0 Å². The molecule has 2 aliphatic heterocycles. The molecule has 1 aliphatic carbocycles. The molecule has 2 fully saturated rings. The quantitative estimate of drug-likeness (QED) is 0.618. The molecule has 0 radical (unpaired) electrons. The largest absolute Gasteiger partial charge is 0.348 e. The number of carbonyl (C=O) groups excluding carboxylic acids is 1. The van der Waals surface area contributed by atoms with Gasteiger partial charge in [-0.25, -0.2) is 0 Å². The van der Waals surface area contributed by atoms with Crippen molar-refractivity contribution in [2.45, 2.75) is 70.9 Å². The predicted octanol–water partition coefficient (Wildman–Crippen LogP) is 4.35. The fraction of sp³-hybridized carbons (Fsp3) is 0.625. The zero-order valence-corrected chi connectivity index (χ0v) is 18.5. The van der Waals surface area contributed by atoms with Crippen molar-refractivity contribution in [1.82, 2.24) is 0 Å². The van der Waals surface area contributed by atoms with Gasteiger partial charge in [-0.1, -0.05) is 44.7 Å². The van der Waals surface area contributed by atoms with E-state index >= 15 is 0 Å². The minimum Gasteiger partial charge on any atom is -0.348 e. The van der Waals surface area contributed by atoms with Crippen LogP contribution in [-0.2, 0) is 23.7 Å². The zero-order chi connectivity index (χ0) is 21.8. The van der Waals surface area contributed by atoms with Gasteiger partial charge in [-0.15, -0.1) is 6.58 Å². The van der Waals surface area contributed by atoms with Gasteiger partial charge in [0.15, 0.2) is 17.7 Å². The third-order valence-electron chi connectivity index (χ3n) is 6.68. The summed E-state index contributed by atoms with van der Waals surface area (Å²) >= 11 is 0. The molecule has 3 rings (SSSR count). The van der Waals surface area contributed by atoms with Gasteiger partial charge in [0.1, 0.15) is 12.2 Å². The van der Waals surface area contributed by atoms with Crippen LogP contribution in [0.4, 0.5) is 0 Å². The maximum absolute atomic E-state index is 13.8. The average Bonchev–Trinajstić information content (AvgIpc) is 3.12. The van der Waals surface area contributed by atoms with Crippen LogP contribution in [0.25, 0.3) is 0 Å². The monoisotopic (exact) mass is 402 g/mol. The summed E-state index contributed by atoms with van der Waals surface area (Å²) in [5.41, 5.74) is 1.36. The number of rotatable bonds is 6. The number of carbonyl (C=O) groups is 1. The van der Waals surface area contributed by atoms with E-state index in [4.69, 9.17) is 18.9 Å². The van der Waals surface area contributed by atoms with Crippen LogP contribution < -0.4 is 0 Å². The second-order valence-electron chi connectivity index (χ2n) is 9.39. The second-order valence-corrected chi connectivity index (χ2v) is 9.39. The number of allylic oxidation sites excluding steroid dienone is 3. The molecular formula is C24H34O5. The Balaban J connectivity index is 2.03. The molecule has 160 valence electrons. The van der Waals surface area contributed by atoms with Crippen LogP contribution in [0.5, 0.6) is 0 Å². The van der Waals surface area contributed by atoms with Crippen molar-refractivity contribution in [2.75, 3.05) is 7.11 Å². The Labute approximate surface area is 174 Å². The number of ketones is 1. The van der Waals surface area contributed by atoms with Gasteiger partial charge >= 0.3 is 0 Å². The molecule has 0 spiro atoms. The molecule has 0 aromatic rings. The van der Waals surface area contributed by atoms with E-state index in [0.717, 1.165) is 17.6 Å². The molecule has 0 N–H and O–H groups in total. The van der Waals surface area contributed by atoms with Crippen molar-refractivity contribution in [1.29, 1.82) is 0 Å². The molecule has 0 aromatic carbocycles. The molecule has 0 saturated carbocycles. The molecule has 0 unspecified atom stereocenters. The maximum atomic E-state index is 13.8. The van der Waals surface area contributed by atoms with E-state index in [1.54, 1.807) is 6.08 Å². The van der Waals surface area contributed by atoms with Crippen LogP contribution in [0.2, 0.25) is 0 Å². The third-order valence-corrected chi connectivity index (χ3v) is 6.68. The number of ether oxygens (including phenoxy) is 4. The van der Waals surface area contributed by atoms with Gasteiger partial charge in [-0.3, -0.25) is 4.79 Å². The standard InChI is InChI=1S/C24H34O5/c1-10-16-12-15(14(3)4)13-17(22(16,5)6)18(25)19-20-21(29-23(7,8)27-20)24(11-2,26-9)28-19/h10-11,13,15-16,19-21H,1-3,12H2,4-9H3/t15-,16-,19+,20-,21-,24-/m0/s1.